The Labute approximate surface area is 207 Å². The van der Waals surface area contributed by atoms with Gasteiger partial charge in [0.2, 0.25) is 5.91 Å². The summed E-state index contributed by atoms with van der Waals surface area (Å²) in [4.78, 5) is 25.0. The van der Waals surface area contributed by atoms with Crippen molar-refractivity contribution in [3.63, 3.8) is 0 Å². The van der Waals surface area contributed by atoms with Gasteiger partial charge in [0.25, 0.3) is 5.91 Å². The van der Waals surface area contributed by atoms with E-state index in [9.17, 15) is 9.59 Å². The van der Waals surface area contributed by atoms with Crippen molar-refractivity contribution < 1.29 is 19.1 Å². The first-order valence-electron chi connectivity index (χ1n) is 10.4. The largest absolute Gasteiger partial charge is 0.497 e. The van der Waals surface area contributed by atoms with Crippen molar-refractivity contribution in [2.24, 2.45) is 5.10 Å². The molecule has 0 radical (unpaired) electrons. The third-order valence-corrected chi connectivity index (χ3v) is 5.70. The normalized spacial score (nSPS) is 10.6. The summed E-state index contributed by atoms with van der Waals surface area (Å²) < 4.78 is 10.6. The molecule has 0 aromatic heterocycles. The lowest BCUT2D eigenvalue weighted by atomic mass is 10.2. The van der Waals surface area contributed by atoms with Gasteiger partial charge >= 0.3 is 0 Å². The molecule has 3 aromatic carbocycles. The fourth-order valence-electron chi connectivity index (χ4n) is 2.70. The molecule has 0 aliphatic rings. The maximum absolute atomic E-state index is 12.0. The van der Waals surface area contributed by atoms with E-state index < -0.39 is 0 Å². The molecule has 0 unspecified atom stereocenters. The maximum Gasteiger partial charge on any atom is 0.262 e. The highest BCUT2D eigenvalue weighted by Crippen LogP contribution is 2.21. The van der Waals surface area contributed by atoms with Gasteiger partial charge in [0.1, 0.15) is 11.5 Å². The summed E-state index contributed by atoms with van der Waals surface area (Å²) in [5, 5.41) is 7.41. The Bertz CT molecular complexity index is 1100. The number of carbonyl (C=O) groups excluding carboxylic acids is 2. The van der Waals surface area contributed by atoms with Crippen LogP contribution in [0, 0.1) is 0 Å². The maximum atomic E-state index is 12.0. The van der Waals surface area contributed by atoms with Gasteiger partial charge in [0.15, 0.2) is 6.61 Å². The summed E-state index contributed by atoms with van der Waals surface area (Å²) in [6.45, 7) is -0.121. The van der Waals surface area contributed by atoms with Crippen LogP contribution in [0.15, 0.2) is 82.8 Å². The lowest BCUT2D eigenvalue weighted by molar-refractivity contribution is -0.120. The summed E-state index contributed by atoms with van der Waals surface area (Å²) in [6.07, 6.45) is 1.89. The number of hydrazone groups is 1. The average Bonchev–Trinajstić information content (AvgIpc) is 2.85. The zero-order chi connectivity index (χ0) is 24.2. The van der Waals surface area contributed by atoms with Crippen LogP contribution >= 0.6 is 23.4 Å². The van der Waals surface area contributed by atoms with Crippen LogP contribution < -0.4 is 20.2 Å². The van der Waals surface area contributed by atoms with Crippen LogP contribution in [0.1, 0.15) is 12.0 Å². The van der Waals surface area contributed by atoms with Gasteiger partial charge in [-0.3, -0.25) is 9.59 Å². The predicted molar refractivity (Wildman–Crippen MR) is 136 cm³/mol. The van der Waals surface area contributed by atoms with Crippen molar-refractivity contribution in [3.05, 3.63) is 83.4 Å². The van der Waals surface area contributed by atoms with E-state index in [-0.39, 0.29) is 18.4 Å². The molecule has 0 heterocycles. The number of anilines is 1. The number of rotatable bonds is 11. The molecule has 0 bridgehead atoms. The van der Waals surface area contributed by atoms with Gasteiger partial charge in [0.05, 0.1) is 13.3 Å². The highest BCUT2D eigenvalue weighted by molar-refractivity contribution is 7.99. The summed E-state index contributed by atoms with van der Waals surface area (Å²) >= 11 is 7.44. The summed E-state index contributed by atoms with van der Waals surface area (Å²) in [6, 6.07) is 21.5. The Morgan fingerprint density at radius 2 is 1.62 bits per heavy atom. The molecule has 0 fully saturated rings. The van der Waals surface area contributed by atoms with Crippen LogP contribution in [-0.4, -0.2) is 37.5 Å². The average molecular weight is 498 g/mol. The Balaban J connectivity index is 1.35. The van der Waals surface area contributed by atoms with Crippen LogP contribution in [0.25, 0.3) is 0 Å². The van der Waals surface area contributed by atoms with Gasteiger partial charge in [-0.25, -0.2) is 5.43 Å². The fourth-order valence-corrected chi connectivity index (χ4v) is 3.68. The smallest absolute Gasteiger partial charge is 0.262 e. The van der Waals surface area contributed by atoms with Crippen molar-refractivity contribution in [2.75, 3.05) is 24.8 Å². The second-order valence-electron chi connectivity index (χ2n) is 6.98. The zero-order valence-electron chi connectivity index (χ0n) is 18.5. The number of nitrogens with one attached hydrogen (secondary N) is 2. The highest BCUT2D eigenvalue weighted by atomic mass is 35.5. The first-order chi connectivity index (χ1) is 16.5. The molecule has 0 aliphatic carbocycles. The minimum atomic E-state index is -0.271. The second-order valence-corrected chi connectivity index (χ2v) is 8.58. The number of thioether (sulfide) groups is 1. The summed E-state index contributed by atoms with van der Waals surface area (Å²) in [7, 11) is 1.58. The van der Waals surface area contributed by atoms with Gasteiger partial charge < -0.3 is 14.8 Å². The molecule has 2 amide bonds. The van der Waals surface area contributed by atoms with E-state index in [1.807, 2.05) is 24.3 Å². The molecule has 0 aliphatic heterocycles. The van der Waals surface area contributed by atoms with Crippen LogP contribution in [0.2, 0.25) is 5.02 Å². The number of amides is 2. The lowest BCUT2D eigenvalue weighted by Crippen LogP contribution is -2.20. The standard InChI is InChI=1S/C25H24ClN3O4S/c1-32-21-10-6-20(7-11-21)28-25(31)17-33-22-8-2-18(3-9-22)16-27-29-24(30)14-15-34-23-12-4-19(26)5-13-23/h2-13,16H,14-15,17H2,1H3,(H,28,31)(H,29,30). The zero-order valence-corrected chi connectivity index (χ0v) is 20.1. The van der Waals surface area contributed by atoms with Gasteiger partial charge in [-0.2, -0.15) is 5.10 Å². The number of methoxy groups -OCH3 is 1. The molecular formula is C25H24ClN3O4S. The Morgan fingerprint density at radius 3 is 2.29 bits per heavy atom. The van der Waals surface area contributed by atoms with Crippen LogP contribution in [0.4, 0.5) is 5.69 Å². The van der Waals surface area contributed by atoms with Gasteiger partial charge in [-0.05, 0) is 78.4 Å². The second kappa shape index (κ2) is 13.3. The molecule has 7 nitrogen and oxygen atoms in total. The molecule has 176 valence electrons. The van der Waals surface area contributed by atoms with Crippen molar-refractivity contribution in [1.29, 1.82) is 0 Å². The topological polar surface area (TPSA) is 89.0 Å². The van der Waals surface area contributed by atoms with E-state index in [1.165, 1.54) is 0 Å². The predicted octanol–water partition coefficient (Wildman–Crippen LogP) is 5.00. The number of hydrogen-bond donors (Lipinski definition) is 2. The molecule has 2 N–H and O–H groups in total. The summed E-state index contributed by atoms with van der Waals surface area (Å²) in [5.41, 5.74) is 3.96. The van der Waals surface area contributed by atoms with E-state index in [0.717, 1.165) is 10.5 Å². The van der Waals surface area contributed by atoms with Crippen molar-refractivity contribution >= 4 is 47.1 Å². The minimum absolute atomic E-state index is 0.121. The minimum Gasteiger partial charge on any atom is -0.497 e. The Hall–Kier alpha value is -3.49. The van der Waals surface area contributed by atoms with E-state index >= 15 is 0 Å². The quantitative estimate of drug-likeness (QED) is 0.221. The van der Waals surface area contributed by atoms with Crippen molar-refractivity contribution in [2.45, 2.75) is 11.3 Å². The molecule has 0 atom stereocenters. The molecule has 0 spiro atoms. The van der Waals surface area contributed by atoms with Crippen molar-refractivity contribution in [1.82, 2.24) is 5.43 Å². The number of nitrogens with zero attached hydrogens (tertiary/aromatic N) is 1. The monoisotopic (exact) mass is 497 g/mol. The fraction of sp³-hybridized carbons (Fsp3) is 0.160. The van der Waals surface area contributed by atoms with E-state index in [0.29, 0.717) is 34.4 Å². The number of hydrogen-bond acceptors (Lipinski definition) is 6. The van der Waals surface area contributed by atoms with Gasteiger partial charge in [0, 0.05) is 27.8 Å². The number of halogens is 1. The van der Waals surface area contributed by atoms with Crippen molar-refractivity contribution in [3.8, 4) is 11.5 Å². The Kier molecular flexibility index (Phi) is 9.81. The summed E-state index contributed by atoms with van der Waals surface area (Å²) in [5.74, 6) is 1.46. The van der Waals surface area contributed by atoms with Crippen LogP contribution in [-0.2, 0) is 9.59 Å². The highest BCUT2D eigenvalue weighted by Gasteiger charge is 2.05. The molecule has 3 aromatic rings. The molecule has 0 saturated heterocycles. The van der Waals surface area contributed by atoms with Gasteiger partial charge in [-0.1, -0.05) is 11.6 Å². The van der Waals surface area contributed by atoms with E-state index in [4.69, 9.17) is 21.1 Å². The van der Waals surface area contributed by atoms with Crippen LogP contribution in [0.5, 0.6) is 11.5 Å². The van der Waals surface area contributed by atoms with E-state index in [1.54, 1.807) is 73.6 Å². The molecule has 3 rings (SSSR count). The molecule has 9 heteroatoms. The lowest BCUT2D eigenvalue weighted by Gasteiger charge is -2.08. The third kappa shape index (κ3) is 8.80. The first-order valence-corrected chi connectivity index (χ1v) is 11.8. The van der Waals surface area contributed by atoms with Crippen LogP contribution in [0.3, 0.4) is 0 Å². The SMILES string of the molecule is COc1ccc(NC(=O)COc2ccc(C=NNC(=O)CCSc3ccc(Cl)cc3)cc2)cc1. The molecule has 0 saturated carbocycles. The Morgan fingerprint density at radius 1 is 0.941 bits per heavy atom. The van der Waals surface area contributed by atoms with Gasteiger partial charge in [-0.15, -0.1) is 11.8 Å². The number of benzene rings is 3. The number of carbonyl (C=O) groups is 2. The third-order valence-electron chi connectivity index (χ3n) is 4.44. The van der Waals surface area contributed by atoms with E-state index in [2.05, 4.69) is 15.8 Å². The number of ether oxygens (including phenoxy) is 2. The first kappa shape index (κ1) is 25.1. The molecular weight excluding hydrogens is 474 g/mol. The molecule has 34 heavy (non-hydrogen) atoms.